The molecule has 0 saturated carbocycles. The van der Waals surface area contributed by atoms with Crippen LogP contribution in [0.3, 0.4) is 0 Å². The van der Waals surface area contributed by atoms with Gasteiger partial charge in [0.1, 0.15) is 11.4 Å². The lowest BCUT2D eigenvalue weighted by Crippen LogP contribution is -2.12. The SMILES string of the molecule is CCNCc1noc(-c2ccc(F)cc2[N+](=O)[O-])n1. The topological polar surface area (TPSA) is 94.1 Å². The summed E-state index contributed by atoms with van der Waals surface area (Å²) in [5.74, 6) is -0.307. The molecule has 0 aliphatic carbocycles. The van der Waals surface area contributed by atoms with Crippen LogP contribution in [0.25, 0.3) is 11.5 Å². The lowest BCUT2D eigenvalue weighted by molar-refractivity contribution is -0.384. The second kappa shape index (κ2) is 5.53. The van der Waals surface area contributed by atoms with E-state index in [0.717, 1.165) is 18.7 Å². The normalized spacial score (nSPS) is 10.6. The van der Waals surface area contributed by atoms with Gasteiger partial charge in [0.25, 0.3) is 11.6 Å². The molecule has 1 N–H and O–H groups in total. The van der Waals surface area contributed by atoms with Crippen molar-refractivity contribution in [1.82, 2.24) is 15.5 Å². The maximum Gasteiger partial charge on any atom is 0.285 e. The number of hydrogen-bond donors (Lipinski definition) is 1. The van der Waals surface area contributed by atoms with Crippen LogP contribution in [0.2, 0.25) is 0 Å². The molecule has 1 aromatic carbocycles. The first-order chi connectivity index (χ1) is 9.11. The molecule has 7 nitrogen and oxygen atoms in total. The minimum atomic E-state index is -0.692. The van der Waals surface area contributed by atoms with Crippen LogP contribution >= 0.6 is 0 Å². The highest BCUT2D eigenvalue weighted by molar-refractivity contribution is 5.66. The molecule has 0 atom stereocenters. The number of nitro groups is 1. The van der Waals surface area contributed by atoms with Crippen molar-refractivity contribution < 1.29 is 13.8 Å². The number of nitrogens with zero attached hydrogens (tertiary/aromatic N) is 3. The van der Waals surface area contributed by atoms with E-state index in [2.05, 4.69) is 15.5 Å². The number of benzene rings is 1. The molecule has 1 heterocycles. The highest BCUT2D eigenvalue weighted by Crippen LogP contribution is 2.29. The summed E-state index contributed by atoms with van der Waals surface area (Å²) in [6.07, 6.45) is 0. The van der Waals surface area contributed by atoms with E-state index in [1.165, 1.54) is 6.07 Å². The first-order valence-corrected chi connectivity index (χ1v) is 5.59. The van der Waals surface area contributed by atoms with Gasteiger partial charge in [0, 0.05) is 0 Å². The van der Waals surface area contributed by atoms with Crippen molar-refractivity contribution in [1.29, 1.82) is 0 Å². The molecule has 0 aliphatic heterocycles. The fourth-order valence-corrected chi connectivity index (χ4v) is 1.51. The van der Waals surface area contributed by atoms with Gasteiger partial charge in [-0.3, -0.25) is 10.1 Å². The average molecular weight is 266 g/mol. The van der Waals surface area contributed by atoms with E-state index in [9.17, 15) is 14.5 Å². The van der Waals surface area contributed by atoms with Gasteiger partial charge in [0.15, 0.2) is 5.82 Å². The van der Waals surface area contributed by atoms with Gasteiger partial charge in [-0.25, -0.2) is 4.39 Å². The van der Waals surface area contributed by atoms with Crippen molar-refractivity contribution in [3.05, 3.63) is 40.0 Å². The number of halogens is 1. The van der Waals surface area contributed by atoms with Crippen LogP contribution in [0.4, 0.5) is 10.1 Å². The van der Waals surface area contributed by atoms with Gasteiger partial charge in [0.05, 0.1) is 17.5 Å². The lowest BCUT2D eigenvalue weighted by atomic mass is 10.2. The Morgan fingerprint density at radius 1 is 1.53 bits per heavy atom. The van der Waals surface area contributed by atoms with Crippen LogP contribution in [0, 0.1) is 15.9 Å². The summed E-state index contributed by atoms with van der Waals surface area (Å²) in [7, 11) is 0. The molecular weight excluding hydrogens is 255 g/mol. The molecule has 0 aliphatic rings. The predicted molar refractivity (Wildman–Crippen MR) is 63.7 cm³/mol. The lowest BCUT2D eigenvalue weighted by Gasteiger charge is -1.97. The second-order valence-electron chi connectivity index (χ2n) is 3.71. The van der Waals surface area contributed by atoms with Gasteiger partial charge in [0.2, 0.25) is 0 Å². The van der Waals surface area contributed by atoms with E-state index < -0.39 is 16.4 Å². The summed E-state index contributed by atoms with van der Waals surface area (Å²) in [5.41, 5.74) is -0.305. The van der Waals surface area contributed by atoms with Crippen LogP contribution in [-0.2, 0) is 6.54 Å². The molecule has 0 saturated heterocycles. The Morgan fingerprint density at radius 3 is 3.00 bits per heavy atom. The largest absolute Gasteiger partial charge is 0.334 e. The van der Waals surface area contributed by atoms with Gasteiger partial charge in [-0.05, 0) is 18.7 Å². The van der Waals surface area contributed by atoms with Crippen LogP contribution in [0.15, 0.2) is 22.7 Å². The first-order valence-electron chi connectivity index (χ1n) is 5.59. The smallest absolute Gasteiger partial charge is 0.285 e. The van der Waals surface area contributed by atoms with E-state index >= 15 is 0 Å². The zero-order valence-electron chi connectivity index (χ0n) is 10.1. The van der Waals surface area contributed by atoms with Crippen LogP contribution < -0.4 is 5.32 Å². The Balaban J connectivity index is 2.36. The number of hydrogen-bond acceptors (Lipinski definition) is 6. The van der Waals surface area contributed by atoms with Crippen LogP contribution in [0.5, 0.6) is 0 Å². The summed E-state index contributed by atoms with van der Waals surface area (Å²) >= 11 is 0. The molecule has 0 unspecified atom stereocenters. The van der Waals surface area contributed by atoms with E-state index in [1.54, 1.807) is 0 Å². The molecule has 0 fully saturated rings. The van der Waals surface area contributed by atoms with Crippen molar-refractivity contribution in [3.8, 4) is 11.5 Å². The Morgan fingerprint density at radius 2 is 2.32 bits per heavy atom. The molecule has 0 amide bonds. The quantitative estimate of drug-likeness (QED) is 0.656. The third kappa shape index (κ3) is 2.91. The Kier molecular flexibility index (Phi) is 3.81. The Labute approximate surface area is 107 Å². The fourth-order valence-electron chi connectivity index (χ4n) is 1.51. The maximum absolute atomic E-state index is 13.0. The van der Waals surface area contributed by atoms with Gasteiger partial charge in [-0.15, -0.1) is 0 Å². The highest BCUT2D eigenvalue weighted by atomic mass is 19.1. The summed E-state index contributed by atoms with van der Waals surface area (Å²) in [6, 6.07) is 3.18. The van der Waals surface area contributed by atoms with E-state index in [1.807, 2.05) is 6.92 Å². The molecule has 0 spiro atoms. The van der Waals surface area contributed by atoms with Crippen molar-refractivity contribution in [3.63, 3.8) is 0 Å². The molecular formula is C11H11FN4O3. The third-order valence-electron chi connectivity index (χ3n) is 2.39. The number of aromatic nitrogens is 2. The zero-order valence-corrected chi connectivity index (χ0v) is 10.1. The molecule has 0 radical (unpaired) electrons. The monoisotopic (exact) mass is 266 g/mol. The van der Waals surface area contributed by atoms with Crippen molar-refractivity contribution >= 4 is 5.69 Å². The van der Waals surface area contributed by atoms with Crippen molar-refractivity contribution in [2.75, 3.05) is 6.54 Å². The molecule has 2 aromatic rings. The average Bonchev–Trinajstić information content (AvgIpc) is 2.84. The molecule has 19 heavy (non-hydrogen) atoms. The molecule has 2 rings (SSSR count). The first kappa shape index (κ1) is 13.1. The number of nitro benzene ring substituents is 1. The van der Waals surface area contributed by atoms with Gasteiger partial charge < -0.3 is 9.84 Å². The minimum absolute atomic E-state index is 0.000368. The standard InChI is InChI=1S/C11H11FN4O3/c1-2-13-6-10-14-11(19-15-10)8-4-3-7(12)5-9(8)16(17)18/h3-5,13H,2,6H2,1H3. The summed E-state index contributed by atoms with van der Waals surface area (Å²) < 4.78 is 18.0. The minimum Gasteiger partial charge on any atom is -0.334 e. The van der Waals surface area contributed by atoms with Crippen LogP contribution in [0.1, 0.15) is 12.7 Å². The molecule has 1 aromatic heterocycles. The fraction of sp³-hybridized carbons (Fsp3) is 0.273. The number of nitrogens with one attached hydrogen (secondary N) is 1. The predicted octanol–water partition coefficient (Wildman–Crippen LogP) is 1.89. The third-order valence-corrected chi connectivity index (χ3v) is 2.39. The Bertz CT molecular complexity index is 599. The summed E-state index contributed by atoms with van der Waals surface area (Å²) in [6.45, 7) is 3.06. The van der Waals surface area contributed by atoms with E-state index in [0.29, 0.717) is 12.4 Å². The van der Waals surface area contributed by atoms with Crippen molar-refractivity contribution in [2.24, 2.45) is 0 Å². The van der Waals surface area contributed by atoms with Gasteiger partial charge >= 0.3 is 0 Å². The summed E-state index contributed by atoms with van der Waals surface area (Å²) in [5, 5.41) is 17.5. The summed E-state index contributed by atoms with van der Waals surface area (Å²) in [4.78, 5) is 14.2. The Hall–Kier alpha value is -2.35. The van der Waals surface area contributed by atoms with Crippen LogP contribution in [-0.4, -0.2) is 21.6 Å². The maximum atomic E-state index is 13.0. The molecule has 8 heteroatoms. The second-order valence-corrected chi connectivity index (χ2v) is 3.71. The van der Waals surface area contributed by atoms with E-state index in [-0.39, 0.29) is 11.5 Å². The zero-order chi connectivity index (χ0) is 13.8. The highest BCUT2D eigenvalue weighted by Gasteiger charge is 2.21. The number of rotatable bonds is 5. The van der Waals surface area contributed by atoms with Crippen molar-refractivity contribution in [2.45, 2.75) is 13.5 Å². The van der Waals surface area contributed by atoms with Gasteiger partial charge in [-0.2, -0.15) is 4.98 Å². The molecule has 0 bridgehead atoms. The molecule has 100 valence electrons. The van der Waals surface area contributed by atoms with Gasteiger partial charge in [-0.1, -0.05) is 12.1 Å². The van der Waals surface area contributed by atoms with E-state index in [4.69, 9.17) is 4.52 Å².